The fourth-order valence-electron chi connectivity index (χ4n) is 4.87. The molecule has 1 aromatic rings. The average molecular weight is 495 g/mol. The first-order valence-corrected chi connectivity index (χ1v) is 11.1. The van der Waals surface area contributed by atoms with Crippen LogP contribution in [0.3, 0.4) is 0 Å². The molecule has 9 nitrogen and oxygen atoms in total. The van der Waals surface area contributed by atoms with Gasteiger partial charge in [-0.1, -0.05) is 34.6 Å². The third-order valence-electron chi connectivity index (χ3n) is 7.08. The van der Waals surface area contributed by atoms with Gasteiger partial charge in [0.2, 0.25) is 11.8 Å². The second-order valence-electron chi connectivity index (χ2n) is 11.0. The highest BCUT2D eigenvalue weighted by Gasteiger charge is 2.70. The predicted octanol–water partition coefficient (Wildman–Crippen LogP) is 1.91. The number of carbonyl (C=O) groups excluding carboxylic acids is 3. The molecule has 2 N–H and O–H groups in total. The number of rotatable bonds is 5. The van der Waals surface area contributed by atoms with Crippen molar-refractivity contribution in [2.24, 2.45) is 22.7 Å². The number of nitrogens with one attached hydrogen (secondary N) is 2. The van der Waals surface area contributed by atoms with Crippen LogP contribution >= 0.6 is 0 Å². The van der Waals surface area contributed by atoms with Crippen molar-refractivity contribution in [2.75, 3.05) is 6.54 Å². The van der Waals surface area contributed by atoms with Crippen molar-refractivity contribution < 1.29 is 27.6 Å². The van der Waals surface area contributed by atoms with Crippen LogP contribution in [0, 0.1) is 34.0 Å². The fraction of sp³-hybridized carbons (Fsp3) is 0.652. The Morgan fingerprint density at radius 2 is 1.83 bits per heavy atom. The van der Waals surface area contributed by atoms with E-state index in [0.717, 1.165) is 0 Å². The number of alkyl halides is 3. The number of amides is 3. The predicted molar refractivity (Wildman–Crippen MR) is 117 cm³/mol. The van der Waals surface area contributed by atoms with Gasteiger partial charge in [0.1, 0.15) is 12.1 Å². The Morgan fingerprint density at radius 3 is 2.31 bits per heavy atom. The molecule has 0 aromatic carbocycles. The number of nitrogens with zero attached hydrogens (tertiary/aromatic N) is 4. The molecule has 12 heteroatoms. The molecular weight excluding hydrogens is 465 g/mol. The topological polar surface area (TPSA) is 128 Å². The van der Waals surface area contributed by atoms with E-state index in [1.807, 2.05) is 25.2 Å². The summed E-state index contributed by atoms with van der Waals surface area (Å²) in [6, 6.07) is -0.535. The van der Waals surface area contributed by atoms with Crippen molar-refractivity contribution in [3.8, 4) is 6.07 Å². The summed E-state index contributed by atoms with van der Waals surface area (Å²) in [6.07, 6.45) is -1.03. The minimum Gasteiger partial charge on any atom is -0.336 e. The number of carbonyl (C=O) groups is 3. The molecular formula is C23H29F3N6O3. The van der Waals surface area contributed by atoms with Crippen molar-refractivity contribution in [2.45, 2.75) is 65.3 Å². The molecule has 1 aliphatic heterocycles. The van der Waals surface area contributed by atoms with E-state index in [1.165, 1.54) is 51.2 Å². The van der Waals surface area contributed by atoms with Crippen LogP contribution in [0.1, 0.15) is 47.2 Å². The van der Waals surface area contributed by atoms with Crippen LogP contribution in [0.2, 0.25) is 0 Å². The summed E-state index contributed by atoms with van der Waals surface area (Å²) in [7, 11) is 0. The summed E-state index contributed by atoms with van der Waals surface area (Å²) in [5.41, 5.74) is -2.70. The lowest BCUT2D eigenvalue weighted by molar-refractivity contribution is -0.176. The first kappa shape index (κ1) is 26.4. The van der Waals surface area contributed by atoms with Gasteiger partial charge < -0.3 is 15.5 Å². The number of likely N-dealkylation sites (tertiary alicyclic amines) is 1. The van der Waals surface area contributed by atoms with E-state index in [-0.39, 0.29) is 29.5 Å². The number of fused-ring (bicyclic) bond motifs is 1. The summed E-state index contributed by atoms with van der Waals surface area (Å²) in [5.74, 6) is -3.94. The first-order valence-electron chi connectivity index (χ1n) is 11.1. The Kier molecular flexibility index (Phi) is 6.38. The van der Waals surface area contributed by atoms with E-state index < -0.39 is 46.9 Å². The van der Waals surface area contributed by atoms with Crippen LogP contribution in [-0.2, 0) is 19.9 Å². The molecule has 0 spiro atoms. The van der Waals surface area contributed by atoms with Gasteiger partial charge in [-0.25, -0.2) is 0 Å². The van der Waals surface area contributed by atoms with Crippen molar-refractivity contribution >= 4 is 17.7 Å². The lowest BCUT2D eigenvalue weighted by Crippen LogP contribution is -2.61. The summed E-state index contributed by atoms with van der Waals surface area (Å²) in [4.78, 5) is 48.0. The van der Waals surface area contributed by atoms with Gasteiger partial charge in [-0.05, 0) is 29.6 Å². The van der Waals surface area contributed by atoms with E-state index in [9.17, 15) is 32.8 Å². The monoisotopic (exact) mass is 494 g/mol. The molecule has 2 heterocycles. The summed E-state index contributed by atoms with van der Waals surface area (Å²) < 4.78 is 38.9. The maximum atomic E-state index is 13.5. The third kappa shape index (κ3) is 4.81. The van der Waals surface area contributed by atoms with Gasteiger partial charge in [-0.3, -0.25) is 24.4 Å². The highest BCUT2D eigenvalue weighted by molar-refractivity contribution is 5.95. The smallest absolute Gasteiger partial charge is 0.336 e. The Balaban J connectivity index is 1.92. The standard InChI is InChI=1S/C23H29F3N6O3/c1-20(2,3)16(30-19(35)23(24,25)26)18(34)32-10-12-14(21(12,4)5)15(32)17(33)31-22(6,11-27)13-9-28-7-8-29-13/h7-9,12,14-16H,10H2,1-6H3,(H,30,35)(H,31,33). The molecule has 1 aromatic heterocycles. The minimum atomic E-state index is -5.17. The average Bonchev–Trinajstić information content (AvgIpc) is 3.10. The van der Waals surface area contributed by atoms with E-state index >= 15 is 0 Å². The molecule has 190 valence electrons. The lowest BCUT2D eigenvalue weighted by atomic mass is 9.85. The van der Waals surface area contributed by atoms with Gasteiger partial charge in [-0.2, -0.15) is 18.4 Å². The van der Waals surface area contributed by atoms with Gasteiger partial charge >= 0.3 is 12.1 Å². The van der Waals surface area contributed by atoms with Crippen LogP contribution in [0.4, 0.5) is 13.2 Å². The van der Waals surface area contributed by atoms with Crippen molar-refractivity contribution in [1.29, 1.82) is 5.26 Å². The van der Waals surface area contributed by atoms with Gasteiger partial charge in [0, 0.05) is 18.9 Å². The molecule has 35 heavy (non-hydrogen) atoms. The van der Waals surface area contributed by atoms with Crippen molar-refractivity contribution in [1.82, 2.24) is 25.5 Å². The molecule has 3 rings (SSSR count). The van der Waals surface area contributed by atoms with Gasteiger partial charge in [0.25, 0.3) is 0 Å². The molecule has 0 bridgehead atoms. The highest BCUT2D eigenvalue weighted by Crippen LogP contribution is 2.65. The van der Waals surface area contributed by atoms with Gasteiger partial charge in [0.05, 0.1) is 18.0 Å². The van der Waals surface area contributed by atoms with Crippen LogP contribution in [0.5, 0.6) is 0 Å². The molecule has 5 atom stereocenters. The number of hydrogen-bond acceptors (Lipinski definition) is 6. The molecule has 0 radical (unpaired) electrons. The van der Waals surface area contributed by atoms with E-state index in [1.54, 1.807) is 0 Å². The molecule has 1 saturated carbocycles. The molecule has 5 unspecified atom stereocenters. The first-order chi connectivity index (χ1) is 15.9. The fourth-order valence-corrected chi connectivity index (χ4v) is 4.87. The number of hydrogen-bond donors (Lipinski definition) is 2. The van der Waals surface area contributed by atoms with E-state index in [0.29, 0.717) is 0 Å². The Hall–Kier alpha value is -3.23. The normalized spacial score (nSPS) is 25.5. The lowest BCUT2D eigenvalue weighted by Gasteiger charge is -2.38. The minimum absolute atomic E-state index is 0.0500. The number of aromatic nitrogens is 2. The van der Waals surface area contributed by atoms with Crippen molar-refractivity contribution in [3.63, 3.8) is 0 Å². The summed E-state index contributed by atoms with van der Waals surface area (Å²) in [6.45, 7) is 10.1. The quantitative estimate of drug-likeness (QED) is 0.644. The van der Waals surface area contributed by atoms with Crippen LogP contribution in [-0.4, -0.2) is 57.4 Å². The Bertz CT molecular complexity index is 1060. The SMILES string of the molecule is CC(C#N)(NC(=O)C1C2C(CN1C(=O)C(NC(=O)C(F)(F)F)C(C)(C)C)C2(C)C)c1cnccn1. The molecule has 2 fully saturated rings. The molecule has 1 saturated heterocycles. The molecule has 1 aliphatic carbocycles. The summed E-state index contributed by atoms with van der Waals surface area (Å²) >= 11 is 0. The Labute approximate surface area is 201 Å². The number of nitriles is 1. The van der Waals surface area contributed by atoms with E-state index in [4.69, 9.17) is 0 Å². The number of halogens is 3. The van der Waals surface area contributed by atoms with Crippen LogP contribution < -0.4 is 10.6 Å². The van der Waals surface area contributed by atoms with Gasteiger partial charge in [-0.15, -0.1) is 0 Å². The zero-order chi connectivity index (χ0) is 26.6. The zero-order valence-corrected chi connectivity index (χ0v) is 20.4. The zero-order valence-electron chi connectivity index (χ0n) is 20.4. The van der Waals surface area contributed by atoms with Crippen LogP contribution in [0.15, 0.2) is 18.6 Å². The second kappa shape index (κ2) is 8.46. The molecule has 3 amide bonds. The van der Waals surface area contributed by atoms with Crippen molar-refractivity contribution in [3.05, 3.63) is 24.3 Å². The van der Waals surface area contributed by atoms with E-state index in [2.05, 4.69) is 15.3 Å². The maximum absolute atomic E-state index is 13.5. The van der Waals surface area contributed by atoms with Gasteiger partial charge in [0.15, 0.2) is 5.54 Å². The molecule has 2 aliphatic rings. The van der Waals surface area contributed by atoms with Crippen LogP contribution in [0.25, 0.3) is 0 Å². The summed E-state index contributed by atoms with van der Waals surface area (Å²) in [5, 5.41) is 14.3. The highest BCUT2D eigenvalue weighted by atomic mass is 19.4. The largest absolute Gasteiger partial charge is 0.471 e. The third-order valence-corrected chi connectivity index (χ3v) is 7.08. The number of piperidine rings is 1. The maximum Gasteiger partial charge on any atom is 0.471 e. The second-order valence-corrected chi connectivity index (χ2v) is 11.0. The Morgan fingerprint density at radius 1 is 1.20 bits per heavy atom.